The molecule has 3 aromatic carbocycles. The standard InChI is InChI=1S/C29H24ClF3O5/c1-2-3-4-5-16-36-21-12-8-19(9-13-21)28(35)37-22-14-15-23-24(17-22)38-27(29(31,32)33)25(26(23)34)18-6-10-20(30)11-7-18/h6-15,17H,2-5,16H2,1H3. The maximum Gasteiger partial charge on any atom is 0.450 e. The molecule has 4 rings (SSSR count). The number of unbranched alkanes of at least 4 members (excludes halogenated alkanes) is 3. The molecule has 5 nitrogen and oxygen atoms in total. The Balaban J connectivity index is 1.57. The normalized spacial score (nSPS) is 11.5. The molecular formula is C29H24ClF3O5. The Bertz CT molecular complexity index is 1480. The lowest BCUT2D eigenvalue weighted by atomic mass is 10.0. The van der Waals surface area contributed by atoms with Crippen LogP contribution < -0.4 is 14.9 Å². The summed E-state index contributed by atoms with van der Waals surface area (Å²) >= 11 is 5.84. The van der Waals surface area contributed by atoms with Gasteiger partial charge in [-0.2, -0.15) is 13.2 Å². The van der Waals surface area contributed by atoms with Crippen molar-refractivity contribution in [1.29, 1.82) is 0 Å². The van der Waals surface area contributed by atoms with Crippen LogP contribution in [-0.2, 0) is 6.18 Å². The molecule has 0 N–H and O–H groups in total. The number of hydrogen-bond acceptors (Lipinski definition) is 5. The summed E-state index contributed by atoms with van der Waals surface area (Å²) in [6.07, 6.45) is -0.650. The van der Waals surface area contributed by atoms with Gasteiger partial charge in [-0.15, -0.1) is 0 Å². The summed E-state index contributed by atoms with van der Waals surface area (Å²) in [5.41, 5.74) is -1.62. The lowest BCUT2D eigenvalue weighted by Gasteiger charge is -2.13. The first-order chi connectivity index (χ1) is 18.2. The number of benzene rings is 3. The van der Waals surface area contributed by atoms with Crippen molar-refractivity contribution < 1.29 is 31.9 Å². The summed E-state index contributed by atoms with van der Waals surface area (Å²) < 4.78 is 57.7. The smallest absolute Gasteiger partial charge is 0.450 e. The molecule has 0 saturated carbocycles. The van der Waals surface area contributed by atoms with E-state index in [1.807, 2.05) is 0 Å². The highest BCUT2D eigenvalue weighted by Crippen LogP contribution is 2.38. The first-order valence-electron chi connectivity index (χ1n) is 12.1. The van der Waals surface area contributed by atoms with Crippen molar-refractivity contribution in [2.24, 2.45) is 0 Å². The van der Waals surface area contributed by atoms with E-state index >= 15 is 0 Å². The van der Waals surface area contributed by atoms with E-state index in [1.165, 1.54) is 48.5 Å². The van der Waals surface area contributed by atoms with Gasteiger partial charge in [-0.1, -0.05) is 49.9 Å². The Morgan fingerprint density at radius 2 is 1.61 bits per heavy atom. The fourth-order valence-electron chi connectivity index (χ4n) is 3.89. The van der Waals surface area contributed by atoms with Gasteiger partial charge in [-0.3, -0.25) is 4.79 Å². The number of esters is 1. The van der Waals surface area contributed by atoms with Crippen LogP contribution >= 0.6 is 11.6 Å². The highest BCUT2D eigenvalue weighted by Gasteiger charge is 2.39. The van der Waals surface area contributed by atoms with E-state index < -0.39 is 28.9 Å². The fraction of sp³-hybridized carbons (Fsp3) is 0.241. The lowest BCUT2D eigenvalue weighted by molar-refractivity contribution is -0.152. The summed E-state index contributed by atoms with van der Waals surface area (Å²) in [6.45, 7) is 2.71. The second-order valence-electron chi connectivity index (χ2n) is 8.62. The zero-order valence-electron chi connectivity index (χ0n) is 20.4. The molecule has 0 aliphatic heterocycles. The van der Waals surface area contributed by atoms with Gasteiger partial charge in [-0.05, 0) is 60.5 Å². The first-order valence-corrected chi connectivity index (χ1v) is 12.4. The third kappa shape index (κ3) is 6.37. The third-order valence-electron chi connectivity index (χ3n) is 5.82. The Morgan fingerprint density at radius 3 is 2.26 bits per heavy atom. The van der Waals surface area contributed by atoms with E-state index in [9.17, 15) is 22.8 Å². The average Bonchev–Trinajstić information content (AvgIpc) is 2.89. The van der Waals surface area contributed by atoms with Crippen molar-refractivity contribution in [3.8, 4) is 22.6 Å². The van der Waals surface area contributed by atoms with Crippen LogP contribution in [0.3, 0.4) is 0 Å². The number of fused-ring (bicyclic) bond motifs is 1. The maximum atomic E-state index is 13.9. The molecule has 38 heavy (non-hydrogen) atoms. The summed E-state index contributed by atoms with van der Waals surface area (Å²) in [4.78, 5) is 25.7. The van der Waals surface area contributed by atoms with Gasteiger partial charge in [0.25, 0.3) is 0 Å². The maximum absolute atomic E-state index is 13.9. The quantitative estimate of drug-likeness (QED) is 0.120. The summed E-state index contributed by atoms with van der Waals surface area (Å²) in [5.74, 6) is -1.64. The Morgan fingerprint density at radius 1 is 0.921 bits per heavy atom. The SMILES string of the molecule is CCCCCCOc1ccc(C(=O)Oc2ccc3c(=O)c(-c4ccc(Cl)cc4)c(C(F)(F)F)oc3c2)cc1. The van der Waals surface area contributed by atoms with E-state index in [4.69, 9.17) is 25.5 Å². The van der Waals surface area contributed by atoms with Gasteiger partial charge in [0.15, 0.2) is 0 Å². The molecule has 0 radical (unpaired) electrons. The van der Waals surface area contributed by atoms with Gasteiger partial charge in [-0.25, -0.2) is 4.79 Å². The molecule has 4 aromatic rings. The largest absolute Gasteiger partial charge is 0.494 e. The van der Waals surface area contributed by atoms with Crippen LogP contribution in [0.5, 0.6) is 11.5 Å². The van der Waals surface area contributed by atoms with E-state index in [1.54, 1.807) is 12.1 Å². The van der Waals surface area contributed by atoms with E-state index in [2.05, 4.69) is 6.92 Å². The van der Waals surface area contributed by atoms with Crippen molar-refractivity contribution in [3.63, 3.8) is 0 Å². The zero-order valence-corrected chi connectivity index (χ0v) is 21.2. The minimum atomic E-state index is -4.95. The number of carbonyl (C=O) groups excluding carboxylic acids is 1. The summed E-state index contributed by atoms with van der Waals surface area (Å²) in [5, 5.41) is 0.215. The Hall–Kier alpha value is -3.78. The van der Waals surface area contributed by atoms with Crippen molar-refractivity contribution in [2.45, 2.75) is 38.8 Å². The molecular weight excluding hydrogens is 521 g/mol. The lowest BCUT2D eigenvalue weighted by Crippen LogP contribution is -2.16. The molecule has 0 fully saturated rings. The van der Waals surface area contributed by atoms with E-state index in [0.29, 0.717) is 17.4 Å². The molecule has 0 saturated heterocycles. The molecule has 1 heterocycles. The Labute approximate surface area is 221 Å². The molecule has 0 bridgehead atoms. The van der Waals surface area contributed by atoms with Crippen LogP contribution in [0.4, 0.5) is 13.2 Å². The molecule has 1 aromatic heterocycles. The predicted molar refractivity (Wildman–Crippen MR) is 139 cm³/mol. The van der Waals surface area contributed by atoms with Crippen LogP contribution in [0.2, 0.25) is 5.02 Å². The summed E-state index contributed by atoms with van der Waals surface area (Å²) in [6, 6.07) is 15.4. The van der Waals surface area contributed by atoms with Crippen molar-refractivity contribution in [1.82, 2.24) is 0 Å². The number of alkyl halides is 3. The first kappa shape index (κ1) is 27.3. The second kappa shape index (κ2) is 11.7. The molecule has 9 heteroatoms. The third-order valence-corrected chi connectivity index (χ3v) is 6.07. The molecule has 0 amide bonds. The number of hydrogen-bond donors (Lipinski definition) is 0. The van der Waals surface area contributed by atoms with Crippen LogP contribution in [-0.4, -0.2) is 12.6 Å². The molecule has 0 spiro atoms. The van der Waals surface area contributed by atoms with Crippen LogP contribution in [0.1, 0.15) is 48.7 Å². The van der Waals surface area contributed by atoms with Gasteiger partial charge < -0.3 is 13.9 Å². The van der Waals surface area contributed by atoms with Crippen molar-refractivity contribution in [2.75, 3.05) is 6.61 Å². The number of carbonyl (C=O) groups is 1. The molecule has 0 aliphatic carbocycles. The molecule has 198 valence electrons. The van der Waals surface area contributed by atoms with Crippen LogP contribution in [0, 0.1) is 0 Å². The van der Waals surface area contributed by atoms with Gasteiger partial charge in [0, 0.05) is 11.1 Å². The monoisotopic (exact) mass is 544 g/mol. The Kier molecular flexibility index (Phi) is 8.42. The van der Waals surface area contributed by atoms with Crippen molar-refractivity contribution >= 4 is 28.5 Å². The number of halogens is 4. The van der Waals surface area contributed by atoms with E-state index in [-0.39, 0.29) is 27.8 Å². The zero-order chi connectivity index (χ0) is 27.3. The highest BCUT2D eigenvalue weighted by atomic mass is 35.5. The fourth-order valence-corrected chi connectivity index (χ4v) is 4.01. The topological polar surface area (TPSA) is 65.7 Å². The predicted octanol–water partition coefficient (Wildman–Crippen LogP) is 8.31. The van der Waals surface area contributed by atoms with Gasteiger partial charge in [0.05, 0.1) is 23.1 Å². The van der Waals surface area contributed by atoms with Crippen LogP contribution in [0.15, 0.2) is 75.9 Å². The molecule has 0 unspecified atom stereocenters. The van der Waals surface area contributed by atoms with Gasteiger partial charge in [0.2, 0.25) is 11.2 Å². The van der Waals surface area contributed by atoms with Crippen molar-refractivity contribution in [3.05, 3.63) is 93.3 Å². The number of ether oxygens (including phenoxy) is 2. The molecule has 0 atom stereocenters. The minimum Gasteiger partial charge on any atom is -0.494 e. The van der Waals surface area contributed by atoms with Gasteiger partial charge in [0.1, 0.15) is 17.1 Å². The highest BCUT2D eigenvalue weighted by molar-refractivity contribution is 6.30. The summed E-state index contributed by atoms with van der Waals surface area (Å²) in [7, 11) is 0. The van der Waals surface area contributed by atoms with E-state index in [0.717, 1.165) is 31.7 Å². The number of rotatable bonds is 9. The van der Waals surface area contributed by atoms with Crippen LogP contribution in [0.25, 0.3) is 22.1 Å². The van der Waals surface area contributed by atoms with Gasteiger partial charge >= 0.3 is 12.1 Å². The average molecular weight is 545 g/mol. The minimum absolute atomic E-state index is 0.0151. The second-order valence-corrected chi connectivity index (χ2v) is 9.06. The molecule has 0 aliphatic rings.